The van der Waals surface area contributed by atoms with Crippen molar-refractivity contribution >= 4 is 10.8 Å². The predicted octanol–water partition coefficient (Wildman–Crippen LogP) is 6.08. The first-order valence-electron chi connectivity index (χ1n) is 8.10. The topological polar surface area (TPSA) is 9.23 Å². The molecular weight excluding hydrogens is 268 g/mol. The van der Waals surface area contributed by atoms with Crippen molar-refractivity contribution in [2.75, 3.05) is 6.61 Å². The maximum atomic E-state index is 6.21. The number of unbranched alkanes of at least 4 members (excludes halogenated alkanes) is 2. The van der Waals surface area contributed by atoms with E-state index in [1.165, 1.54) is 34.7 Å². The van der Waals surface area contributed by atoms with E-state index in [-0.39, 0.29) is 0 Å². The third-order valence-corrected chi connectivity index (χ3v) is 3.96. The van der Waals surface area contributed by atoms with Gasteiger partial charge in [-0.2, -0.15) is 0 Å². The van der Waals surface area contributed by atoms with Gasteiger partial charge in [0.05, 0.1) is 6.61 Å². The van der Waals surface area contributed by atoms with Gasteiger partial charge in [-0.3, -0.25) is 0 Å². The minimum atomic E-state index is 0.779. The van der Waals surface area contributed by atoms with Crippen molar-refractivity contribution in [1.82, 2.24) is 0 Å². The van der Waals surface area contributed by atoms with E-state index >= 15 is 0 Å². The number of fused-ring (bicyclic) bond motifs is 1. The van der Waals surface area contributed by atoms with Gasteiger partial charge in [-0.25, -0.2) is 0 Å². The number of hydrogen-bond acceptors (Lipinski definition) is 1. The Morgan fingerprint density at radius 2 is 1.55 bits per heavy atom. The van der Waals surface area contributed by atoms with Crippen molar-refractivity contribution in [2.45, 2.75) is 26.2 Å². The van der Waals surface area contributed by atoms with E-state index in [0.717, 1.165) is 18.8 Å². The maximum absolute atomic E-state index is 6.21. The lowest BCUT2D eigenvalue weighted by Gasteiger charge is -2.15. The van der Waals surface area contributed by atoms with Gasteiger partial charge in [-0.1, -0.05) is 86.5 Å². The molecule has 22 heavy (non-hydrogen) atoms. The molecule has 0 N–H and O–H groups in total. The smallest absolute Gasteiger partial charge is 0.134 e. The summed E-state index contributed by atoms with van der Waals surface area (Å²) < 4.78 is 6.21. The highest BCUT2D eigenvalue weighted by Gasteiger charge is 2.10. The normalized spacial score (nSPS) is 10.8. The van der Waals surface area contributed by atoms with Crippen LogP contribution in [0.25, 0.3) is 21.9 Å². The molecule has 0 atom stereocenters. The van der Waals surface area contributed by atoms with Crippen molar-refractivity contribution in [1.29, 1.82) is 0 Å². The van der Waals surface area contributed by atoms with E-state index in [4.69, 9.17) is 4.74 Å². The van der Waals surface area contributed by atoms with Crippen LogP contribution in [-0.2, 0) is 0 Å². The van der Waals surface area contributed by atoms with Crippen molar-refractivity contribution < 1.29 is 4.74 Å². The zero-order valence-electron chi connectivity index (χ0n) is 13.1. The van der Waals surface area contributed by atoms with Crippen LogP contribution in [0.5, 0.6) is 5.75 Å². The van der Waals surface area contributed by atoms with Crippen LogP contribution >= 0.6 is 0 Å². The molecule has 0 fully saturated rings. The number of ether oxygens (including phenoxy) is 1. The van der Waals surface area contributed by atoms with E-state index in [1.807, 2.05) is 6.07 Å². The largest absolute Gasteiger partial charge is 0.492 e. The fourth-order valence-electron chi connectivity index (χ4n) is 2.77. The third-order valence-electron chi connectivity index (χ3n) is 3.96. The van der Waals surface area contributed by atoms with Gasteiger partial charge < -0.3 is 4.74 Å². The van der Waals surface area contributed by atoms with Gasteiger partial charge in [0.25, 0.3) is 0 Å². The molecular formula is C21H22O. The third kappa shape index (κ3) is 3.14. The summed E-state index contributed by atoms with van der Waals surface area (Å²) in [4.78, 5) is 0. The van der Waals surface area contributed by atoms with Gasteiger partial charge in [-0.05, 0) is 17.4 Å². The number of rotatable bonds is 6. The van der Waals surface area contributed by atoms with Gasteiger partial charge in [-0.15, -0.1) is 0 Å². The second kappa shape index (κ2) is 7.13. The fraction of sp³-hybridized carbons (Fsp3) is 0.238. The van der Waals surface area contributed by atoms with Crippen molar-refractivity contribution in [3.63, 3.8) is 0 Å². The Labute approximate surface area is 132 Å². The Kier molecular flexibility index (Phi) is 4.75. The van der Waals surface area contributed by atoms with E-state index in [0.29, 0.717) is 0 Å². The Morgan fingerprint density at radius 1 is 0.773 bits per heavy atom. The van der Waals surface area contributed by atoms with E-state index in [2.05, 4.69) is 67.6 Å². The fourth-order valence-corrected chi connectivity index (χ4v) is 2.77. The molecule has 0 aromatic heterocycles. The molecule has 0 aliphatic rings. The van der Waals surface area contributed by atoms with Crippen LogP contribution < -0.4 is 4.74 Å². The highest BCUT2D eigenvalue weighted by Crippen LogP contribution is 2.36. The van der Waals surface area contributed by atoms with Crippen LogP contribution in [0, 0.1) is 0 Å². The van der Waals surface area contributed by atoms with E-state index in [9.17, 15) is 0 Å². The summed E-state index contributed by atoms with van der Waals surface area (Å²) in [7, 11) is 0. The zero-order chi connectivity index (χ0) is 15.2. The molecule has 0 saturated carbocycles. The average Bonchev–Trinajstić information content (AvgIpc) is 2.59. The minimum absolute atomic E-state index is 0.779. The molecule has 3 aromatic carbocycles. The lowest BCUT2D eigenvalue weighted by molar-refractivity contribution is 0.311. The van der Waals surface area contributed by atoms with Crippen LogP contribution in [-0.4, -0.2) is 6.61 Å². The van der Waals surface area contributed by atoms with Crippen LogP contribution in [0.4, 0.5) is 0 Å². The first-order chi connectivity index (χ1) is 10.9. The van der Waals surface area contributed by atoms with Crippen molar-refractivity contribution in [3.05, 3.63) is 66.7 Å². The lowest BCUT2D eigenvalue weighted by atomic mass is 9.99. The molecule has 0 spiro atoms. The quantitative estimate of drug-likeness (QED) is 0.500. The van der Waals surface area contributed by atoms with Gasteiger partial charge in [0.15, 0.2) is 0 Å². The number of hydrogen-bond donors (Lipinski definition) is 0. The SMILES string of the molecule is CCCCCOc1c(-c2ccccc2)ccc2ccccc12. The molecule has 1 heteroatoms. The second-order valence-corrected chi connectivity index (χ2v) is 5.58. The van der Waals surface area contributed by atoms with Crippen LogP contribution in [0.3, 0.4) is 0 Å². The summed E-state index contributed by atoms with van der Waals surface area (Å²) in [5.74, 6) is 1.01. The highest BCUT2D eigenvalue weighted by molar-refractivity contribution is 5.95. The molecule has 3 aromatic rings. The summed E-state index contributed by atoms with van der Waals surface area (Å²) in [6, 6.07) is 23.3. The van der Waals surface area contributed by atoms with Gasteiger partial charge in [0.1, 0.15) is 5.75 Å². The standard InChI is InChI=1S/C21H22O/c1-2-3-9-16-22-21-19-13-8-7-12-18(19)14-15-20(21)17-10-5-4-6-11-17/h4-8,10-15H,2-3,9,16H2,1H3. The van der Waals surface area contributed by atoms with E-state index < -0.39 is 0 Å². The predicted molar refractivity (Wildman–Crippen MR) is 94.4 cm³/mol. The molecule has 0 amide bonds. The molecule has 112 valence electrons. The number of benzene rings is 3. The lowest BCUT2D eigenvalue weighted by Crippen LogP contribution is -1.99. The molecule has 0 saturated heterocycles. The average molecular weight is 290 g/mol. The van der Waals surface area contributed by atoms with Gasteiger partial charge >= 0.3 is 0 Å². The van der Waals surface area contributed by atoms with Crippen LogP contribution in [0.15, 0.2) is 66.7 Å². The maximum Gasteiger partial charge on any atom is 0.134 e. The first kappa shape index (κ1) is 14.6. The Morgan fingerprint density at radius 3 is 2.36 bits per heavy atom. The highest BCUT2D eigenvalue weighted by atomic mass is 16.5. The van der Waals surface area contributed by atoms with Crippen LogP contribution in [0.2, 0.25) is 0 Å². The summed E-state index contributed by atoms with van der Waals surface area (Å²) in [5.41, 5.74) is 2.38. The van der Waals surface area contributed by atoms with Crippen molar-refractivity contribution in [2.24, 2.45) is 0 Å². The molecule has 0 aliphatic carbocycles. The zero-order valence-corrected chi connectivity index (χ0v) is 13.1. The monoisotopic (exact) mass is 290 g/mol. The Bertz CT molecular complexity index is 731. The Hall–Kier alpha value is -2.28. The first-order valence-corrected chi connectivity index (χ1v) is 8.10. The van der Waals surface area contributed by atoms with Crippen molar-refractivity contribution in [3.8, 4) is 16.9 Å². The molecule has 0 bridgehead atoms. The van der Waals surface area contributed by atoms with Gasteiger partial charge in [0, 0.05) is 10.9 Å². The second-order valence-electron chi connectivity index (χ2n) is 5.58. The molecule has 0 radical (unpaired) electrons. The van der Waals surface area contributed by atoms with Crippen LogP contribution in [0.1, 0.15) is 26.2 Å². The van der Waals surface area contributed by atoms with Gasteiger partial charge in [0.2, 0.25) is 0 Å². The molecule has 3 rings (SSSR count). The summed E-state index contributed by atoms with van der Waals surface area (Å²) in [5, 5.41) is 2.42. The van der Waals surface area contributed by atoms with E-state index in [1.54, 1.807) is 0 Å². The summed E-state index contributed by atoms with van der Waals surface area (Å²) in [6.07, 6.45) is 3.53. The molecule has 0 aliphatic heterocycles. The summed E-state index contributed by atoms with van der Waals surface area (Å²) in [6.45, 7) is 3.00. The molecule has 0 unspecified atom stereocenters. The Balaban J connectivity index is 2.03. The minimum Gasteiger partial charge on any atom is -0.492 e. The summed E-state index contributed by atoms with van der Waals surface area (Å²) >= 11 is 0. The molecule has 1 nitrogen and oxygen atoms in total. The molecule has 0 heterocycles.